The minimum Gasteiger partial charge on any atom is -0.360 e. The molecular weight excluding hydrogens is 222 g/mol. The van der Waals surface area contributed by atoms with Crippen LogP contribution < -0.4 is 10.6 Å². The molecule has 6 nitrogen and oxygen atoms in total. The van der Waals surface area contributed by atoms with Gasteiger partial charge in [-0.3, -0.25) is 9.59 Å². The summed E-state index contributed by atoms with van der Waals surface area (Å²) in [5.41, 5.74) is 0. The highest BCUT2D eigenvalue weighted by Crippen LogP contribution is 2.28. The number of carbonyl (C=O) groups is 2. The number of aryl methyl sites for hydroxylation is 1. The van der Waals surface area contributed by atoms with Crippen LogP contribution in [0.3, 0.4) is 0 Å². The zero-order valence-corrected chi connectivity index (χ0v) is 9.66. The highest BCUT2D eigenvalue weighted by Gasteiger charge is 2.29. The van der Waals surface area contributed by atoms with Gasteiger partial charge in [0.05, 0.1) is 0 Å². The SMILES string of the molecule is Cc1cc(NC(=O)CCNC(=O)C2CC2)no1. The summed E-state index contributed by atoms with van der Waals surface area (Å²) in [5, 5.41) is 8.95. The Hall–Kier alpha value is -1.85. The average Bonchev–Trinajstić information content (AvgIpc) is 3.04. The summed E-state index contributed by atoms with van der Waals surface area (Å²) in [6.45, 7) is 2.11. The normalized spacial score (nSPS) is 14.4. The minimum absolute atomic E-state index is 0.0510. The quantitative estimate of drug-likeness (QED) is 0.794. The highest BCUT2D eigenvalue weighted by molar-refractivity contribution is 5.90. The topological polar surface area (TPSA) is 84.2 Å². The zero-order chi connectivity index (χ0) is 12.3. The molecule has 0 radical (unpaired) electrons. The van der Waals surface area contributed by atoms with Gasteiger partial charge in [-0.1, -0.05) is 5.16 Å². The van der Waals surface area contributed by atoms with E-state index >= 15 is 0 Å². The lowest BCUT2D eigenvalue weighted by molar-refractivity contribution is -0.122. The molecule has 1 aromatic heterocycles. The second-order valence-electron chi connectivity index (χ2n) is 4.19. The Bertz CT molecular complexity index is 423. The summed E-state index contributed by atoms with van der Waals surface area (Å²) < 4.78 is 4.81. The van der Waals surface area contributed by atoms with Crippen molar-refractivity contribution >= 4 is 17.6 Å². The molecule has 92 valence electrons. The van der Waals surface area contributed by atoms with E-state index in [4.69, 9.17) is 4.52 Å². The lowest BCUT2D eigenvalue weighted by Gasteiger charge is -2.03. The molecule has 0 spiro atoms. The fraction of sp³-hybridized carbons (Fsp3) is 0.545. The van der Waals surface area contributed by atoms with E-state index < -0.39 is 0 Å². The maximum Gasteiger partial charge on any atom is 0.227 e. The van der Waals surface area contributed by atoms with Crippen LogP contribution in [0.15, 0.2) is 10.6 Å². The Morgan fingerprint density at radius 3 is 2.88 bits per heavy atom. The van der Waals surface area contributed by atoms with Gasteiger partial charge >= 0.3 is 0 Å². The molecule has 2 N–H and O–H groups in total. The number of aromatic nitrogens is 1. The van der Waals surface area contributed by atoms with Gasteiger partial charge in [0.25, 0.3) is 0 Å². The van der Waals surface area contributed by atoms with Gasteiger partial charge in [-0.15, -0.1) is 0 Å². The first-order valence-corrected chi connectivity index (χ1v) is 5.66. The van der Waals surface area contributed by atoms with Crippen LogP contribution in [0.2, 0.25) is 0 Å². The third-order valence-electron chi connectivity index (χ3n) is 2.49. The summed E-state index contributed by atoms with van der Waals surface area (Å²) in [5.74, 6) is 1.09. The molecule has 1 aromatic rings. The molecule has 0 aliphatic heterocycles. The molecule has 0 saturated heterocycles. The van der Waals surface area contributed by atoms with Crippen LogP contribution >= 0.6 is 0 Å². The van der Waals surface area contributed by atoms with Crippen molar-refractivity contribution in [3.8, 4) is 0 Å². The third-order valence-corrected chi connectivity index (χ3v) is 2.49. The van der Waals surface area contributed by atoms with Gasteiger partial charge in [0.15, 0.2) is 5.82 Å². The minimum atomic E-state index is -0.186. The molecule has 0 aromatic carbocycles. The Labute approximate surface area is 98.7 Å². The zero-order valence-electron chi connectivity index (χ0n) is 9.66. The van der Waals surface area contributed by atoms with E-state index in [9.17, 15) is 9.59 Å². The standard InChI is InChI=1S/C11H15N3O3/c1-7-6-9(14-17-7)13-10(15)4-5-12-11(16)8-2-3-8/h6,8H,2-5H2,1H3,(H,12,16)(H,13,14,15). The van der Waals surface area contributed by atoms with Crippen LogP contribution in [-0.2, 0) is 9.59 Å². The summed E-state index contributed by atoms with van der Waals surface area (Å²) in [4.78, 5) is 22.7. The van der Waals surface area contributed by atoms with Crippen LogP contribution in [0.4, 0.5) is 5.82 Å². The summed E-state index contributed by atoms with van der Waals surface area (Å²) >= 11 is 0. The summed E-state index contributed by atoms with van der Waals surface area (Å²) in [6, 6.07) is 1.64. The first kappa shape index (κ1) is 11.6. The Balaban J connectivity index is 1.65. The fourth-order valence-electron chi connectivity index (χ4n) is 1.42. The average molecular weight is 237 g/mol. The van der Waals surface area contributed by atoms with Gasteiger partial charge in [-0.2, -0.15) is 0 Å². The molecule has 17 heavy (non-hydrogen) atoms. The Kier molecular flexibility index (Phi) is 3.41. The van der Waals surface area contributed by atoms with Crippen LogP contribution in [-0.4, -0.2) is 23.5 Å². The molecule has 1 saturated carbocycles. The molecule has 2 amide bonds. The third kappa shape index (κ3) is 3.58. The van der Waals surface area contributed by atoms with Gasteiger partial charge in [0, 0.05) is 24.9 Å². The van der Waals surface area contributed by atoms with Gasteiger partial charge in [0.2, 0.25) is 11.8 Å². The van der Waals surface area contributed by atoms with E-state index in [-0.39, 0.29) is 24.2 Å². The molecule has 1 fully saturated rings. The molecule has 1 heterocycles. The van der Waals surface area contributed by atoms with E-state index in [0.717, 1.165) is 12.8 Å². The maximum absolute atomic E-state index is 11.4. The smallest absolute Gasteiger partial charge is 0.227 e. The number of carbonyl (C=O) groups excluding carboxylic acids is 2. The van der Waals surface area contributed by atoms with Crippen molar-refractivity contribution in [2.45, 2.75) is 26.2 Å². The van der Waals surface area contributed by atoms with Crippen LogP contribution in [0.25, 0.3) is 0 Å². The van der Waals surface area contributed by atoms with Crippen molar-refractivity contribution in [3.63, 3.8) is 0 Å². The van der Waals surface area contributed by atoms with E-state index in [2.05, 4.69) is 15.8 Å². The highest BCUT2D eigenvalue weighted by atomic mass is 16.5. The monoisotopic (exact) mass is 237 g/mol. The Morgan fingerprint density at radius 1 is 1.53 bits per heavy atom. The summed E-state index contributed by atoms with van der Waals surface area (Å²) in [7, 11) is 0. The van der Waals surface area contributed by atoms with E-state index in [1.807, 2.05) is 0 Å². The van der Waals surface area contributed by atoms with Gasteiger partial charge in [-0.25, -0.2) is 0 Å². The van der Waals surface area contributed by atoms with Crippen molar-refractivity contribution in [3.05, 3.63) is 11.8 Å². The van der Waals surface area contributed by atoms with E-state index in [1.54, 1.807) is 13.0 Å². The van der Waals surface area contributed by atoms with Gasteiger partial charge in [0.1, 0.15) is 5.76 Å². The number of nitrogens with zero attached hydrogens (tertiary/aromatic N) is 1. The molecule has 0 bridgehead atoms. The van der Waals surface area contributed by atoms with Crippen LogP contribution in [0, 0.1) is 12.8 Å². The van der Waals surface area contributed by atoms with Crippen molar-refractivity contribution in [2.75, 3.05) is 11.9 Å². The lowest BCUT2D eigenvalue weighted by atomic mass is 10.3. The van der Waals surface area contributed by atoms with Gasteiger partial charge in [-0.05, 0) is 19.8 Å². The number of hydrogen-bond acceptors (Lipinski definition) is 4. The first-order chi connectivity index (χ1) is 8.15. The molecule has 0 unspecified atom stereocenters. The number of anilines is 1. The molecule has 1 aliphatic rings. The predicted octanol–water partition coefficient (Wildman–Crippen LogP) is 0.838. The first-order valence-electron chi connectivity index (χ1n) is 5.66. The lowest BCUT2D eigenvalue weighted by Crippen LogP contribution is -2.28. The number of hydrogen-bond donors (Lipinski definition) is 2. The van der Waals surface area contributed by atoms with Crippen LogP contribution in [0.1, 0.15) is 25.0 Å². The van der Waals surface area contributed by atoms with Gasteiger partial charge < -0.3 is 15.2 Å². The molecule has 0 atom stereocenters. The fourth-order valence-corrected chi connectivity index (χ4v) is 1.42. The van der Waals surface area contributed by atoms with E-state index in [0.29, 0.717) is 18.1 Å². The van der Waals surface area contributed by atoms with Crippen LogP contribution in [0.5, 0.6) is 0 Å². The second-order valence-corrected chi connectivity index (χ2v) is 4.19. The van der Waals surface area contributed by atoms with Crippen molar-refractivity contribution < 1.29 is 14.1 Å². The number of amides is 2. The van der Waals surface area contributed by atoms with Crippen molar-refractivity contribution in [2.24, 2.45) is 5.92 Å². The predicted molar refractivity (Wildman–Crippen MR) is 60.2 cm³/mol. The summed E-state index contributed by atoms with van der Waals surface area (Å²) in [6.07, 6.45) is 2.18. The van der Waals surface area contributed by atoms with Crippen molar-refractivity contribution in [1.29, 1.82) is 0 Å². The largest absolute Gasteiger partial charge is 0.360 e. The molecule has 1 aliphatic carbocycles. The molecule has 2 rings (SSSR count). The van der Waals surface area contributed by atoms with Crippen molar-refractivity contribution in [1.82, 2.24) is 10.5 Å². The molecular formula is C11H15N3O3. The second kappa shape index (κ2) is 4.99. The Morgan fingerprint density at radius 2 is 2.29 bits per heavy atom. The molecule has 6 heteroatoms. The number of nitrogens with one attached hydrogen (secondary N) is 2. The van der Waals surface area contributed by atoms with E-state index in [1.165, 1.54) is 0 Å². The maximum atomic E-state index is 11.4. The number of rotatable bonds is 5.